The largest absolute Gasteiger partial charge is 0.487 e. The van der Waals surface area contributed by atoms with Crippen molar-refractivity contribution in [2.75, 3.05) is 18.4 Å². The van der Waals surface area contributed by atoms with E-state index in [0.29, 0.717) is 23.2 Å². The molecule has 2 aromatic carbocycles. The Balaban J connectivity index is 1.29. The van der Waals surface area contributed by atoms with Crippen LogP contribution in [0.5, 0.6) is 5.75 Å². The van der Waals surface area contributed by atoms with Crippen molar-refractivity contribution in [2.24, 2.45) is 0 Å². The smallest absolute Gasteiger partial charge is 0.158 e. The van der Waals surface area contributed by atoms with Gasteiger partial charge >= 0.3 is 0 Å². The fourth-order valence-corrected chi connectivity index (χ4v) is 4.25. The van der Waals surface area contributed by atoms with Crippen molar-refractivity contribution in [3.63, 3.8) is 0 Å². The maximum absolute atomic E-state index is 13.4. The number of nitrogens with zero attached hydrogens (tertiary/aromatic N) is 3. The Morgan fingerprint density at radius 1 is 1.12 bits per heavy atom. The molecular weight excluding hydrogens is 457 g/mol. The first-order valence-electron chi connectivity index (χ1n) is 11.2. The summed E-state index contributed by atoms with van der Waals surface area (Å²) in [6.45, 7) is 2.69. The average molecular weight is 482 g/mol. The molecule has 7 nitrogen and oxygen atoms in total. The summed E-state index contributed by atoms with van der Waals surface area (Å²) in [4.78, 5) is 4.45. The van der Waals surface area contributed by atoms with Crippen molar-refractivity contribution < 1.29 is 13.9 Å². The molecule has 1 aliphatic heterocycles. The van der Waals surface area contributed by atoms with Crippen LogP contribution in [0.15, 0.2) is 61.1 Å². The molecule has 1 aliphatic rings. The number of piperidine rings is 1. The highest BCUT2D eigenvalue weighted by molar-refractivity contribution is 6.32. The fourth-order valence-electron chi connectivity index (χ4n) is 4.02. The number of fused-ring (bicyclic) bond motifs is 1. The average Bonchev–Trinajstić information content (AvgIpc) is 3.27. The van der Waals surface area contributed by atoms with E-state index in [4.69, 9.17) is 21.1 Å². The maximum atomic E-state index is 13.4. The molecule has 1 saturated heterocycles. The minimum Gasteiger partial charge on any atom is -0.487 e. The molecule has 0 unspecified atom stereocenters. The van der Waals surface area contributed by atoms with Gasteiger partial charge in [-0.1, -0.05) is 23.7 Å². The summed E-state index contributed by atoms with van der Waals surface area (Å²) in [6, 6.07) is 13.7. The molecule has 176 valence electrons. The van der Waals surface area contributed by atoms with E-state index >= 15 is 0 Å². The van der Waals surface area contributed by atoms with E-state index < -0.39 is 0 Å². The minimum absolute atomic E-state index is 0.224. The van der Waals surface area contributed by atoms with Gasteiger partial charge in [0.15, 0.2) is 5.82 Å². The summed E-state index contributed by atoms with van der Waals surface area (Å²) in [5, 5.41) is 11.4. The van der Waals surface area contributed by atoms with Crippen molar-refractivity contribution >= 4 is 28.6 Å². The number of benzene rings is 2. The maximum Gasteiger partial charge on any atom is 0.158 e. The standard InChI is InChI=1S/C25H25ClFN5O2/c26-22-13-20(4-5-23(22)34-14-17-2-1-3-19(27)12-17)31-25-24-18(8-11-32(24)30-16-29-25)15-33-21-6-9-28-10-7-21/h1-5,8,11-13,16,21,28H,6-7,9-10,14-15H2,(H,29,30,31). The van der Waals surface area contributed by atoms with E-state index in [-0.39, 0.29) is 18.5 Å². The van der Waals surface area contributed by atoms with Crippen LogP contribution in [-0.4, -0.2) is 33.8 Å². The molecule has 0 atom stereocenters. The van der Waals surface area contributed by atoms with E-state index in [0.717, 1.165) is 48.3 Å². The molecule has 0 radical (unpaired) electrons. The number of ether oxygens (including phenoxy) is 2. The van der Waals surface area contributed by atoms with Gasteiger partial charge in [0.05, 0.1) is 17.7 Å². The van der Waals surface area contributed by atoms with Gasteiger partial charge in [-0.25, -0.2) is 13.9 Å². The van der Waals surface area contributed by atoms with Crippen molar-refractivity contribution in [3.05, 3.63) is 83.0 Å². The van der Waals surface area contributed by atoms with Gasteiger partial charge in [-0.05, 0) is 67.9 Å². The topological polar surface area (TPSA) is 72.7 Å². The van der Waals surface area contributed by atoms with E-state index in [1.165, 1.54) is 18.5 Å². The van der Waals surface area contributed by atoms with Crippen LogP contribution in [0.1, 0.15) is 24.0 Å². The summed E-state index contributed by atoms with van der Waals surface area (Å²) in [6.07, 6.45) is 5.69. The van der Waals surface area contributed by atoms with Gasteiger partial charge in [0.2, 0.25) is 0 Å². The second-order valence-corrected chi connectivity index (χ2v) is 8.60. The van der Waals surface area contributed by atoms with Gasteiger partial charge in [0.25, 0.3) is 0 Å². The number of nitrogens with one attached hydrogen (secondary N) is 2. The molecule has 0 amide bonds. The predicted octanol–water partition coefficient (Wildman–Crippen LogP) is 5.11. The Morgan fingerprint density at radius 2 is 2.00 bits per heavy atom. The van der Waals surface area contributed by atoms with Gasteiger partial charge in [0.1, 0.15) is 30.0 Å². The quantitative estimate of drug-likeness (QED) is 0.364. The molecule has 3 heterocycles. The summed E-state index contributed by atoms with van der Waals surface area (Å²) >= 11 is 6.46. The first-order chi connectivity index (χ1) is 16.7. The molecule has 34 heavy (non-hydrogen) atoms. The van der Waals surface area contributed by atoms with E-state index in [9.17, 15) is 4.39 Å². The fraction of sp³-hybridized carbons (Fsp3) is 0.280. The Kier molecular flexibility index (Phi) is 6.89. The van der Waals surface area contributed by atoms with Gasteiger partial charge in [-0.3, -0.25) is 0 Å². The molecule has 0 aliphatic carbocycles. The van der Waals surface area contributed by atoms with Gasteiger partial charge in [0, 0.05) is 17.4 Å². The summed E-state index contributed by atoms with van der Waals surface area (Å²) in [7, 11) is 0. The van der Waals surface area contributed by atoms with Crippen LogP contribution in [0, 0.1) is 5.82 Å². The van der Waals surface area contributed by atoms with Crippen LogP contribution >= 0.6 is 11.6 Å². The number of aromatic nitrogens is 3. The normalized spacial score (nSPS) is 14.4. The Labute approximate surface area is 201 Å². The molecule has 9 heteroatoms. The van der Waals surface area contributed by atoms with Crippen LogP contribution in [0.25, 0.3) is 5.52 Å². The molecule has 4 aromatic rings. The summed E-state index contributed by atoms with van der Waals surface area (Å²) < 4.78 is 27.1. The van der Waals surface area contributed by atoms with Gasteiger partial charge in [-0.2, -0.15) is 5.10 Å². The van der Waals surface area contributed by atoms with Crippen LogP contribution in [0.2, 0.25) is 5.02 Å². The van der Waals surface area contributed by atoms with E-state index in [2.05, 4.69) is 20.7 Å². The third kappa shape index (κ3) is 5.30. The van der Waals surface area contributed by atoms with Crippen molar-refractivity contribution in [1.82, 2.24) is 19.9 Å². The molecule has 1 fully saturated rings. The molecule has 2 N–H and O–H groups in total. The van der Waals surface area contributed by atoms with Crippen LogP contribution in [0.4, 0.5) is 15.9 Å². The first kappa shape index (κ1) is 22.6. The number of hydrogen-bond donors (Lipinski definition) is 2. The van der Waals surface area contributed by atoms with E-state index in [1.807, 2.05) is 18.3 Å². The summed E-state index contributed by atoms with van der Waals surface area (Å²) in [5.41, 5.74) is 3.37. The zero-order chi connectivity index (χ0) is 23.3. The zero-order valence-electron chi connectivity index (χ0n) is 18.5. The second kappa shape index (κ2) is 10.4. The van der Waals surface area contributed by atoms with Gasteiger partial charge < -0.3 is 20.1 Å². The Morgan fingerprint density at radius 3 is 2.82 bits per heavy atom. The summed E-state index contributed by atoms with van der Waals surface area (Å²) in [5.74, 6) is 0.880. The highest BCUT2D eigenvalue weighted by Crippen LogP contribution is 2.31. The SMILES string of the molecule is Fc1cccc(COc2ccc(Nc3ncnn4ccc(COC5CCNCC5)c34)cc2Cl)c1. The first-order valence-corrected chi connectivity index (χ1v) is 11.6. The van der Waals surface area contributed by atoms with Crippen LogP contribution in [-0.2, 0) is 18.0 Å². The van der Waals surface area contributed by atoms with Gasteiger partial charge in [-0.15, -0.1) is 0 Å². The van der Waals surface area contributed by atoms with Crippen molar-refractivity contribution in [3.8, 4) is 5.75 Å². The molecule has 0 bridgehead atoms. The lowest BCUT2D eigenvalue weighted by molar-refractivity contribution is 0.0218. The molecule has 0 spiro atoms. The molecule has 2 aromatic heterocycles. The van der Waals surface area contributed by atoms with Crippen LogP contribution < -0.4 is 15.4 Å². The number of rotatable bonds is 8. The van der Waals surface area contributed by atoms with E-state index in [1.54, 1.807) is 28.8 Å². The number of halogens is 2. The lowest BCUT2D eigenvalue weighted by atomic mass is 10.1. The molecule has 5 rings (SSSR count). The number of anilines is 2. The lowest BCUT2D eigenvalue weighted by Gasteiger charge is -2.22. The highest BCUT2D eigenvalue weighted by atomic mass is 35.5. The number of hydrogen-bond acceptors (Lipinski definition) is 6. The highest BCUT2D eigenvalue weighted by Gasteiger charge is 2.16. The predicted molar refractivity (Wildman–Crippen MR) is 129 cm³/mol. The lowest BCUT2D eigenvalue weighted by Crippen LogP contribution is -2.32. The zero-order valence-corrected chi connectivity index (χ0v) is 19.3. The monoisotopic (exact) mass is 481 g/mol. The van der Waals surface area contributed by atoms with Crippen molar-refractivity contribution in [1.29, 1.82) is 0 Å². The third-order valence-electron chi connectivity index (χ3n) is 5.78. The third-order valence-corrected chi connectivity index (χ3v) is 6.07. The molecule has 0 saturated carbocycles. The Bertz CT molecular complexity index is 1280. The van der Waals surface area contributed by atoms with Crippen molar-refractivity contribution in [2.45, 2.75) is 32.2 Å². The molecular formula is C25H25ClFN5O2. The second-order valence-electron chi connectivity index (χ2n) is 8.19. The Hall–Kier alpha value is -3.20. The van der Waals surface area contributed by atoms with Crippen LogP contribution in [0.3, 0.4) is 0 Å². The minimum atomic E-state index is -0.297.